The summed E-state index contributed by atoms with van der Waals surface area (Å²) in [5, 5.41) is 2.02. The van der Waals surface area contributed by atoms with Crippen LogP contribution in [-0.4, -0.2) is 55.0 Å². The van der Waals surface area contributed by atoms with Gasteiger partial charge in [0.25, 0.3) is 0 Å². The number of anilines is 2. The molecule has 2 aliphatic rings. The van der Waals surface area contributed by atoms with Gasteiger partial charge in [0.15, 0.2) is 5.75 Å². The quantitative estimate of drug-likeness (QED) is 0.426. The summed E-state index contributed by atoms with van der Waals surface area (Å²) in [6, 6.07) is 1.79. The first-order valence-corrected chi connectivity index (χ1v) is 11.5. The number of imide groups is 1. The Hall–Kier alpha value is -4.37. The van der Waals surface area contributed by atoms with Crippen LogP contribution >= 0.6 is 0 Å². The fourth-order valence-corrected chi connectivity index (χ4v) is 4.27. The van der Waals surface area contributed by atoms with Gasteiger partial charge in [-0.25, -0.2) is 14.0 Å². The number of hydrogen-bond donors (Lipinski definition) is 1. The average Bonchev–Trinajstić information content (AvgIpc) is 3.23. The maximum absolute atomic E-state index is 14.0. The summed E-state index contributed by atoms with van der Waals surface area (Å²) in [4.78, 5) is 51.9. The summed E-state index contributed by atoms with van der Waals surface area (Å²) in [6.45, 7) is -0.751. The van der Waals surface area contributed by atoms with Crippen LogP contribution in [0.2, 0.25) is 0 Å². The molecule has 0 spiro atoms. The molecule has 1 atom stereocenters. The Morgan fingerprint density at radius 3 is 2.23 bits per heavy atom. The smallest absolute Gasteiger partial charge is 0.407 e. The molecule has 0 aliphatic carbocycles. The van der Waals surface area contributed by atoms with Gasteiger partial charge in [0.1, 0.15) is 17.4 Å². The Balaban J connectivity index is 1.78. The molecule has 214 valence electrons. The highest BCUT2D eigenvalue weighted by Crippen LogP contribution is 2.47. The van der Waals surface area contributed by atoms with Crippen molar-refractivity contribution >= 4 is 35.3 Å². The second-order valence-electron chi connectivity index (χ2n) is 8.87. The number of halogens is 7. The molecule has 4 rings (SSSR count). The minimum atomic E-state index is -5.47. The highest BCUT2D eigenvalue weighted by molar-refractivity contribution is 6.04. The van der Waals surface area contributed by atoms with Crippen LogP contribution in [0.15, 0.2) is 36.4 Å². The summed E-state index contributed by atoms with van der Waals surface area (Å²) in [5.74, 6) is -3.50. The number of carbonyl (C=O) groups is 4. The van der Waals surface area contributed by atoms with Crippen LogP contribution in [0.25, 0.3) is 0 Å². The van der Waals surface area contributed by atoms with E-state index >= 15 is 0 Å². The highest BCUT2D eigenvalue weighted by atomic mass is 19.4. The lowest BCUT2D eigenvalue weighted by Gasteiger charge is -2.30. The molecule has 2 aromatic rings. The number of alkyl halides is 6. The molecule has 1 N–H and O–H groups in total. The van der Waals surface area contributed by atoms with Gasteiger partial charge in [-0.05, 0) is 42.8 Å². The Bertz CT molecular complexity index is 1360. The third-order valence-corrected chi connectivity index (χ3v) is 6.30. The highest BCUT2D eigenvalue weighted by Gasteiger charge is 2.46. The van der Waals surface area contributed by atoms with Crippen LogP contribution in [0.1, 0.15) is 24.0 Å². The van der Waals surface area contributed by atoms with E-state index in [9.17, 15) is 49.9 Å². The molecule has 2 fully saturated rings. The summed E-state index contributed by atoms with van der Waals surface area (Å²) in [5.41, 5.74) is -4.78. The standard InChI is InChI=1S/C24H19F7N4O5/c1-33(14-4-2-13(25)3-5-14)22(39)40-19-15(24(29,30)31)10-12(23(26,27)28)11-17(19)35-9-8-34(21(35)38)16-6-7-18(36)32-20(16)37/h2-5,10-11,16H,6-9H2,1H3,(H,32,36,37). The van der Waals surface area contributed by atoms with Crippen LogP contribution in [0.4, 0.5) is 51.7 Å². The molecule has 5 amide bonds. The summed E-state index contributed by atoms with van der Waals surface area (Å²) in [7, 11) is 1.07. The van der Waals surface area contributed by atoms with Crippen LogP contribution in [0.5, 0.6) is 5.75 Å². The molecule has 2 heterocycles. The minimum absolute atomic E-state index is 0.0188. The van der Waals surface area contributed by atoms with E-state index in [1.165, 1.54) is 0 Å². The topological polar surface area (TPSA) is 99.3 Å². The average molecular weight is 576 g/mol. The van der Waals surface area contributed by atoms with Crippen molar-refractivity contribution in [2.75, 3.05) is 29.9 Å². The molecule has 2 saturated heterocycles. The van der Waals surface area contributed by atoms with Crippen molar-refractivity contribution < 1.29 is 54.6 Å². The van der Waals surface area contributed by atoms with Gasteiger partial charge in [0.05, 0.1) is 11.3 Å². The van der Waals surface area contributed by atoms with Gasteiger partial charge in [-0.2, -0.15) is 26.3 Å². The first-order chi connectivity index (χ1) is 18.6. The van der Waals surface area contributed by atoms with Gasteiger partial charge in [-0.1, -0.05) is 0 Å². The van der Waals surface area contributed by atoms with E-state index in [0.717, 1.165) is 36.2 Å². The zero-order chi connectivity index (χ0) is 29.6. The van der Waals surface area contributed by atoms with Gasteiger partial charge in [-0.3, -0.25) is 24.7 Å². The van der Waals surface area contributed by atoms with Gasteiger partial charge in [-0.15, -0.1) is 0 Å². The van der Waals surface area contributed by atoms with E-state index in [-0.39, 0.29) is 37.2 Å². The largest absolute Gasteiger partial charge is 0.420 e. The monoisotopic (exact) mass is 576 g/mol. The van der Waals surface area contributed by atoms with E-state index < -0.39 is 77.3 Å². The lowest BCUT2D eigenvalue weighted by molar-refractivity contribution is -0.143. The predicted octanol–water partition coefficient (Wildman–Crippen LogP) is 4.55. The normalized spacial score (nSPS) is 18.2. The van der Waals surface area contributed by atoms with Crippen molar-refractivity contribution in [3.8, 4) is 5.75 Å². The number of ether oxygens (including phenoxy) is 1. The second-order valence-corrected chi connectivity index (χ2v) is 8.87. The van der Waals surface area contributed by atoms with Crippen molar-refractivity contribution in [1.82, 2.24) is 10.2 Å². The number of urea groups is 1. The molecule has 2 aliphatic heterocycles. The van der Waals surface area contributed by atoms with Crippen LogP contribution < -0.4 is 19.9 Å². The summed E-state index contributed by atoms with van der Waals surface area (Å²) in [6.07, 6.45) is -12.5. The van der Waals surface area contributed by atoms with Gasteiger partial charge >= 0.3 is 24.5 Å². The van der Waals surface area contributed by atoms with Crippen molar-refractivity contribution in [3.05, 3.63) is 53.3 Å². The third kappa shape index (κ3) is 5.65. The number of carbonyl (C=O) groups excluding carboxylic acids is 4. The van der Waals surface area contributed by atoms with Crippen molar-refractivity contribution in [2.24, 2.45) is 0 Å². The Kier molecular flexibility index (Phi) is 7.38. The summed E-state index contributed by atoms with van der Waals surface area (Å²) >= 11 is 0. The van der Waals surface area contributed by atoms with Gasteiger partial charge < -0.3 is 9.64 Å². The van der Waals surface area contributed by atoms with Crippen molar-refractivity contribution in [2.45, 2.75) is 31.2 Å². The third-order valence-electron chi connectivity index (χ3n) is 6.30. The molecule has 16 heteroatoms. The fraction of sp³-hybridized carbons (Fsp3) is 0.333. The Morgan fingerprint density at radius 1 is 1.00 bits per heavy atom. The lowest BCUT2D eigenvalue weighted by atomic mass is 10.0. The number of amides is 5. The zero-order valence-corrected chi connectivity index (χ0v) is 20.4. The number of piperidine rings is 1. The van der Waals surface area contributed by atoms with Crippen LogP contribution in [-0.2, 0) is 21.9 Å². The molecule has 1 unspecified atom stereocenters. The molecule has 0 radical (unpaired) electrons. The second kappa shape index (κ2) is 10.3. The molecule has 2 aromatic carbocycles. The molecular formula is C24H19F7N4O5. The van der Waals surface area contributed by atoms with E-state index in [0.29, 0.717) is 9.80 Å². The fourth-order valence-electron chi connectivity index (χ4n) is 4.27. The van der Waals surface area contributed by atoms with E-state index in [2.05, 4.69) is 0 Å². The minimum Gasteiger partial charge on any atom is -0.407 e. The van der Waals surface area contributed by atoms with Crippen LogP contribution in [0.3, 0.4) is 0 Å². The van der Waals surface area contributed by atoms with E-state index in [1.807, 2.05) is 5.32 Å². The summed E-state index contributed by atoms with van der Waals surface area (Å²) < 4.78 is 101. The Labute approximate surface area is 221 Å². The first kappa shape index (κ1) is 28.6. The molecule has 0 aromatic heterocycles. The maximum Gasteiger partial charge on any atom is 0.420 e. The number of nitrogens with zero attached hydrogens (tertiary/aromatic N) is 3. The molecule has 9 nitrogen and oxygen atoms in total. The van der Waals surface area contributed by atoms with Crippen molar-refractivity contribution in [3.63, 3.8) is 0 Å². The van der Waals surface area contributed by atoms with Gasteiger partial charge in [0.2, 0.25) is 11.8 Å². The lowest BCUT2D eigenvalue weighted by Crippen LogP contribution is -2.53. The van der Waals surface area contributed by atoms with E-state index in [1.54, 1.807) is 0 Å². The number of nitrogens with one attached hydrogen (secondary N) is 1. The molecular weight excluding hydrogens is 557 g/mol. The number of hydrogen-bond acceptors (Lipinski definition) is 5. The predicted molar refractivity (Wildman–Crippen MR) is 123 cm³/mol. The van der Waals surface area contributed by atoms with E-state index in [4.69, 9.17) is 4.74 Å². The first-order valence-electron chi connectivity index (χ1n) is 11.5. The zero-order valence-electron chi connectivity index (χ0n) is 20.4. The number of benzene rings is 2. The van der Waals surface area contributed by atoms with Gasteiger partial charge in [0, 0.05) is 32.2 Å². The van der Waals surface area contributed by atoms with Crippen LogP contribution in [0, 0.1) is 5.82 Å². The number of rotatable bonds is 4. The molecule has 0 saturated carbocycles. The van der Waals surface area contributed by atoms with Crippen molar-refractivity contribution in [1.29, 1.82) is 0 Å². The molecule has 40 heavy (non-hydrogen) atoms. The Morgan fingerprint density at radius 2 is 1.65 bits per heavy atom. The SMILES string of the molecule is CN(C(=O)Oc1c(N2CCN(C3CCC(=O)NC3=O)C2=O)cc(C(F)(F)F)cc1C(F)(F)F)c1ccc(F)cc1. The maximum atomic E-state index is 14.0. The molecule has 0 bridgehead atoms.